The van der Waals surface area contributed by atoms with E-state index in [4.69, 9.17) is 0 Å². The van der Waals surface area contributed by atoms with Crippen molar-refractivity contribution in [2.75, 3.05) is 7.05 Å². The Morgan fingerprint density at radius 1 is 1.21 bits per heavy atom. The maximum Gasteiger partial charge on any atom is 0.194 e. The summed E-state index contributed by atoms with van der Waals surface area (Å²) in [6, 6.07) is 2.07. The number of nitrogens with one attached hydrogen (secondary N) is 1. The Morgan fingerprint density at radius 3 is 2.42 bits per heavy atom. The topological polar surface area (TPSA) is 12.0 Å². The molecule has 106 valence electrons. The van der Waals surface area contributed by atoms with E-state index in [2.05, 4.69) is 19.2 Å². The minimum Gasteiger partial charge on any atom is -0.313 e. The molecule has 1 aliphatic carbocycles. The minimum atomic E-state index is -1.38. The first kappa shape index (κ1) is 14.4. The van der Waals surface area contributed by atoms with Crippen molar-refractivity contribution in [1.82, 2.24) is 5.32 Å². The van der Waals surface area contributed by atoms with Gasteiger partial charge in [0.15, 0.2) is 17.5 Å². The summed E-state index contributed by atoms with van der Waals surface area (Å²) in [5, 5.41) is 3.07. The summed E-state index contributed by atoms with van der Waals surface area (Å²) in [4.78, 5) is 0. The van der Waals surface area contributed by atoms with E-state index >= 15 is 0 Å². The fraction of sp³-hybridized carbons (Fsp3) is 0.600. The lowest BCUT2D eigenvalue weighted by Crippen LogP contribution is -2.32. The van der Waals surface area contributed by atoms with Gasteiger partial charge in [0.2, 0.25) is 0 Å². The zero-order valence-corrected chi connectivity index (χ0v) is 11.6. The van der Waals surface area contributed by atoms with E-state index in [1.165, 1.54) is 6.07 Å². The molecule has 0 spiro atoms. The van der Waals surface area contributed by atoms with Crippen LogP contribution in [0.15, 0.2) is 12.1 Å². The zero-order valence-electron chi connectivity index (χ0n) is 11.6. The Morgan fingerprint density at radius 2 is 1.89 bits per heavy atom. The Hall–Kier alpha value is -1.03. The maximum absolute atomic E-state index is 13.9. The maximum atomic E-state index is 13.9. The molecule has 1 aliphatic rings. The quantitative estimate of drug-likeness (QED) is 0.813. The van der Waals surface area contributed by atoms with Gasteiger partial charge in [0, 0.05) is 11.6 Å². The van der Waals surface area contributed by atoms with Crippen molar-refractivity contribution in [3.05, 3.63) is 35.1 Å². The van der Waals surface area contributed by atoms with E-state index in [9.17, 15) is 13.2 Å². The predicted octanol–water partition coefficient (Wildman–Crippen LogP) is 4.19. The molecule has 1 saturated carbocycles. The first-order valence-corrected chi connectivity index (χ1v) is 6.69. The molecule has 2 unspecified atom stereocenters. The van der Waals surface area contributed by atoms with Crippen LogP contribution in [0, 0.1) is 28.8 Å². The van der Waals surface area contributed by atoms with Crippen molar-refractivity contribution in [3.8, 4) is 0 Å². The van der Waals surface area contributed by atoms with E-state index in [-0.39, 0.29) is 22.9 Å². The molecule has 0 amide bonds. The minimum absolute atomic E-state index is 0.0744. The standard InChI is InChI=1S/C15H20F3N/c1-15(2)8-4-5-10(15)14(19-3)9-6-7-11(16)13(18)12(9)17/h6-7,10,14,19H,4-5,8H2,1-3H3. The van der Waals surface area contributed by atoms with Gasteiger partial charge in [-0.3, -0.25) is 0 Å². The van der Waals surface area contributed by atoms with Crippen molar-refractivity contribution in [3.63, 3.8) is 0 Å². The lowest BCUT2D eigenvalue weighted by molar-refractivity contribution is 0.200. The van der Waals surface area contributed by atoms with Crippen LogP contribution in [-0.2, 0) is 0 Å². The Kier molecular flexibility index (Phi) is 3.90. The van der Waals surface area contributed by atoms with Crippen LogP contribution in [-0.4, -0.2) is 7.05 Å². The van der Waals surface area contributed by atoms with E-state index in [0.717, 1.165) is 25.3 Å². The molecule has 1 aromatic rings. The highest BCUT2D eigenvalue weighted by atomic mass is 19.2. The molecule has 1 fully saturated rings. The van der Waals surface area contributed by atoms with Crippen molar-refractivity contribution >= 4 is 0 Å². The lowest BCUT2D eigenvalue weighted by atomic mass is 9.75. The normalized spacial score (nSPS) is 23.6. The van der Waals surface area contributed by atoms with Crippen LogP contribution in [0.3, 0.4) is 0 Å². The molecule has 1 N–H and O–H groups in total. The second-order valence-electron chi connectivity index (χ2n) is 6.02. The van der Waals surface area contributed by atoms with Gasteiger partial charge in [-0.25, -0.2) is 13.2 Å². The first-order valence-electron chi connectivity index (χ1n) is 6.69. The third kappa shape index (κ3) is 2.50. The van der Waals surface area contributed by atoms with Gasteiger partial charge in [-0.2, -0.15) is 0 Å². The van der Waals surface area contributed by atoms with Gasteiger partial charge in [-0.05, 0) is 37.3 Å². The number of benzene rings is 1. The van der Waals surface area contributed by atoms with Gasteiger partial charge in [0.1, 0.15) is 0 Å². The molecule has 0 aromatic heterocycles. The van der Waals surface area contributed by atoms with Crippen molar-refractivity contribution in [1.29, 1.82) is 0 Å². The van der Waals surface area contributed by atoms with Gasteiger partial charge in [0.25, 0.3) is 0 Å². The molecule has 2 atom stereocenters. The molecule has 0 heterocycles. The summed E-state index contributed by atoms with van der Waals surface area (Å²) in [7, 11) is 1.74. The van der Waals surface area contributed by atoms with Crippen LogP contribution in [0.2, 0.25) is 0 Å². The van der Waals surface area contributed by atoms with Crippen LogP contribution >= 0.6 is 0 Å². The number of hydrogen-bond acceptors (Lipinski definition) is 1. The summed E-state index contributed by atoms with van der Waals surface area (Å²) >= 11 is 0. The average molecular weight is 271 g/mol. The molecule has 19 heavy (non-hydrogen) atoms. The van der Waals surface area contributed by atoms with Crippen molar-refractivity contribution in [2.24, 2.45) is 11.3 Å². The van der Waals surface area contributed by atoms with E-state index < -0.39 is 17.5 Å². The molecular formula is C15H20F3N. The third-order valence-corrected chi connectivity index (χ3v) is 4.45. The van der Waals surface area contributed by atoms with Crippen LogP contribution in [0.5, 0.6) is 0 Å². The largest absolute Gasteiger partial charge is 0.313 e. The van der Waals surface area contributed by atoms with Gasteiger partial charge < -0.3 is 5.32 Å². The fourth-order valence-electron chi connectivity index (χ4n) is 3.33. The fourth-order valence-corrected chi connectivity index (χ4v) is 3.33. The summed E-state index contributed by atoms with van der Waals surface area (Å²) in [6.45, 7) is 4.29. The predicted molar refractivity (Wildman–Crippen MR) is 69.2 cm³/mol. The third-order valence-electron chi connectivity index (χ3n) is 4.45. The van der Waals surface area contributed by atoms with Gasteiger partial charge in [0.05, 0.1) is 0 Å². The smallest absolute Gasteiger partial charge is 0.194 e. The van der Waals surface area contributed by atoms with Crippen LogP contribution in [0.1, 0.15) is 44.7 Å². The summed E-state index contributed by atoms with van der Waals surface area (Å²) in [5.41, 5.74) is 0.298. The second-order valence-corrected chi connectivity index (χ2v) is 6.02. The molecule has 0 bridgehead atoms. The SMILES string of the molecule is CNC(c1ccc(F)c(F)c1F)C1CCCC1(C)C. The van der Waals surface area contributed by atoms with Crippen molar-refractivity contribution in [2.45, 2.75) is 39.2 Å². The highest BCUT2D eigenvalue weighted by Gasteiger charge is 2.40. The molecule has 4 heteroatoms. The first-order chi connectivity index (χ1) is 8.88. The van der Waals surface area contributed by atoms with E-state index in [1.807, 2.05) is 0 Å². The molecule has 1 nitrogen and oxygen atoms in total. The summed E-state index contributed by atoms with van der Waals surface area (Å²) in [6.07, 6.45) is 3.12. The number of hydrogen-bond donors (Lipinski definition) is 1. The molecule has 0 radical (unpaired) electrons. The van der Waals surface area contributed by atoms with Crippen LogP contribution in [0.25, 0.3) is 0 Å². The highest BCUT2D eigenvalue weighted by molar-refractivity contribution is 5.25. The lowest BCUT2D eigenvalue weighted by Gasteiger charge is -2.34. The molecule has 0 saturated heterocycles. The summed E-state index contributed by atoms with van der Waals surface area (Å²) in [5.74, 6) is -3.37. The Balaban J connectivity index is 2.40. The van der Waals surface area contributed by atoms with E-state index in [0.29, 0.717) is 0 Å². The van der Waals surface area contributed by atoms with Crippen LogP contribution < -0.4 is 5.32 Å². The second kappa shape index (κ2) is 5.16. The van der Waals surface area contributed by atoms with Gasteiger partial charge in [-0.1, -0.05) is 26.3 Å². The van der Waals surface area contributed by atoms with Gasteiger partial charge >= 0.3 is 0 Å². The average Bonchev–Trinajstić information content (AvgIpc) is 2.70. The van der Waals surface area contributed by atoms with Gasteiger partial charge in [-0.15, -0.1) is 0 Å². The molecule has 1 aromatic carbocycles. The van der Waals surface area contributed by atoms with Crippen molar-refractivity contribution < 1.29 is 13.2 Å². The highest BCUT2D eigenvalue weighted by Crippen LogP contribution is 2.49. The molecule has 2 rings (SSSR count). The summed E-state index contributed by atoms with van der Waals surface area (Å²) < 4.78 is 40.4. The Bertz CT molecular complexity index is 471. The number of rotatable bonds is 3. The van der Waals surface area contributed by atoms with E-state index in [1.54, 1.807) is 7.05 Å². The molecule has 0 aliphatic heterocycles. The zero-order chi connectivity index (χ0) is 14.2. The van der Waals surface area contributed by atoms with Crippen LogP contribution in [0.4, 0.5) is 13.2 Å². The monoisotopic (exact) mass is 271 g/mol. The number of halogens is 3. The molecular weight excluding hydrogens is 251 g/mol. The Labute approximate surface area is 112 Å².